The van der Waals surface area contributed by atoms with Gasteiger partial charge in [-0.3, -0.25) is 14.5 Å². The molecule has 0 unspecified atom stereocenters. The fourth-order valence-electron chi connectivity index (χ4n) is 7.03. The van der Waals surface area contributed by atoms with Crippen molar-refractivity contribution in [2.75, 3.05) is 11.5 Å². The number of imide groups is 1. The molecule has 1 heterocycles. The number of carbonyl (C=O) groups excluding carboxylic acids is 3. The van der Waals surface area contributed by atoms with Crippen LogP contribution in [0.2, 0.25) is 0 Å². The predicted molar refractivity (Wildman–Crippen MR) is 144 cm³/mol. The van der Waals surface area contributed by atoms with Crippen LogP contribution >= 0.6 is 0 Å². The van der Waals surface area contributed by atoms with Gasteiger partial charge >= 0.3 is 5.97 Å². The van der Waals surface area contributed by atoms with Crippen LogP contribution in [0, 0.1) is 23.7 Å². The highest BCUT2D eigenvalue weighted by atomic mass is 16.5. The molecule has 196 valence electrons. The first-order chi connectivity index (χ1) is 18.1. The Kier molecular flexibility index (Phi) is 8.07. The van der Waals surface area contributed by atoms with Gasteiger partial charge in [0.15, 0.2) is 0 Å². The third-order valence-electron chi connectivity index (χ3n) is 8.84. The summed E-state index contributed by atoms with van der Waals surface area (Å²) in [5, 5.41) is 0. The van der Waals surface area contributed by atoms with Crippen LogP contribution in [0.3, 0.4) is 0 Å². The third-order valence-corrected chi connectivity index (χ3v) is 8.84. The Balaban J connectivity index is 1.14. The molecule has 2 amide bonds. The number of nitrogens with zero attached hydrogens (tertiary/aromatic N) is 1. The normalized spacial score (nSPS) is 26.1. The SMILES string of the molecule is CCCCCCCCCCOC(=O)c1ccc(N2C(=O)[C@@H]3[C@@H]4C[C@@H]([C@@H]3C2=O)[C@H](c2ccccc2)C4)cc1. The summed E-state index contributed by atoms with van der Waals surface area (Å²) in [5.41, 5.74) is 2.29. The third kappa shape index (κ3) is 5.23. The van der Waals surface area contributed by atoms with Gasteiger partial charge in [-0.1, -0.05) is 82.2 Å². The Bertz CT molecular complexity index is 1100. The van der Waals surface area contributed by atoms with Crippen LogP contribution in [-0.2, 0) is 14.3 Å². The number of rotatable bonds is 12. The Morgan fingerprint density at radius 3 is 2.16 bits per heavy atom. The van der Waals surface area contributed by atoms with Gasteiger partial charge in [0, 0.05) is 0 Å². The number of hydrogen-bond donors (Lipinski definition) is 0. The highest BCUT2D eigenvalue weighted by Gasteiger charge is 2.64. The molecule has 2 saturated carbocycles. The first kappa shape index (κ1) is 25.7. The van der Waals surface area contributed by atoms with Gasteiger partial charge in [0.25, 0.3) is 0 Å². The molecule has 0 radical (unpaired) electrons. The minimum Gasteiger partial charge on any atom is -0.462 e. The van der Waals surface area contributed by atoms with Crippen molar-refractivity contribution >= 4 is 23.5 Å². The first-order valence-electron chi connectivity index (χ1n) is 14.3. The second-order valence-corrected chi connectivity index (χ2v) is 11.1. The lowest BCUT2D eigenvalue weighted by atomic mass is 9.73. The van der Waals surface area contributed by atoms with Gasteiger partial charge < -0.3 is 4.74 Å². The molecule has 37 heavy (non-hydrogen) atoms. The standard InChI is InChI=1S/C32H39NO4/c1-2-3-4-5-6-7-8-12-19-37-32(36)23-15-17-25(18-16-23)33-30(34)28-24-20-26(22-13-10-9-11-14-22)27(21-24)29(28)31(33)35/h9-11,13-18,24,26-29H,2-8,12,19-21H2,1H3/t24-,26-,27+,28+,29-/m0/s1. The largest absolute Gasteiger partial charge is 0.462 e. The van der Waals surface area contributed by atoms with Gasteiger partial charge in [0.1, 0.15) is 0 Å². The van der Waals surface area contributed by atoms with E-state index in [0.29, 0.717) is 23.8 Å². The molecule has 0 spiro atoms. The van der Waals surface area contributed by atoms with Crippen molar-refractivity contribution in [3.63, 3.8) is 0 Å². The molecule has 3 fully saturated rings. The quantitative estimate of drug-likeness (QED) is 0.180. The molecule has 2 bridgehead atoms. The second-order valence-electron chi connectivity index (χ2n) is 11.1. The molecular formula is C32H39NO4. The average molecular weight is 502 g/mol. The molecule has 5 nitrogen and oxygen atoms in total. The van der Waals surface area contributed by atoms with E-state index < -0.39 is 0 Å². The molecule has 0 N–H and O–H groups in total. The lowest BCUT2D eigenvalue weighted by Crippen LogP contribution is -2.33. The molecule has 1 saturated heterocycles. The van der Waals surface area contributed by atoms with E-state index in [1.165, 1.54) is 49.0 Å². The van der Waals surface area contributed by atoms with Gasteiger partial charge in [-0.25, -0.2) is 4.79 Å². The number of hydrogen-bond acceptors (Lipinski definition) is 4. The van der Waals surface area contributed by atoms with Gasteiger partial charge in [0.2, 0.25) is 11.8 Å². The summed E-state index contributed by atoms with van der Waals surface area (Å²) < 4.78 is 5.45. The zero-order valence-corrected chi connectivity index (χ0v) is 21.9. The summed E-state index contributed by atoms with van der Waals surface area (Å²) in [7, 11) is 0. The number of carbonyl (C=O) groups is 3. The monoisotopic (exact) mass is 501 g/mol. The number of ether oxygens (including phenoxy) is 1. The van der Waals surface area contributed by atoms with Crippen molar-refractivity contribution in [3.05, 3.63) is 65.7 Å². The van der Waals surface area contributed by atoms with Crippen LogP contribution in [0.4, 0.5) is 5.69 Å². The zero-order chi connectivity index (χ0) is 25.8. The second kappa shape index (κ2) is 11.6. The van der Waals surface area contributed by atoms with Gasteiger partial charge in [0.05, 0.1) is 29.7 Å². The maximum absolute atomic E-state index is 13.5. The minimum absolute atomic E-state index is 0.0703. The van der Waals surface area contributed by atoms with Crippen molar-refractivity contribution in [1.82, 2.24) is 0 Å². The van der Waals surface area contributed by atoms with Crippen LogP contribution in [0.1, 0.15) is 93.0 Å². The first-order valence-corrected chi connectivity index (χ1v) is 14.3. The van der Waals surface area contributed by atoms with E-state index in [1.807, 2.05) is 6.07 Å². The molecule has 5 heteroatoms. The minimum atomic E-state index is -0.353. The highest BCUT2D eigenvalue weighted by molar-refractivity contribution is 6.22. The van der Waals surface area contributed by atoms with Crippen LogP contribution in [0.15, 0.2) is 54.6 Å². The van der Waals surface area contributed by atoms with Gasteiger partial charge in [-0.2, -0.15) is 0 Å². The smallest absolute Gasteiger partial charge is 0.338 e. The molecule has 5 rings (SSSR count). The molecule has 1 aliphatic heterocycles. The van der Waals surface area contributed by atoms with E-state index in [4.69, 9.17) is 4.74 Å². The number of unbranched alkanes of at least 4 members (excludes halogenated alkanes) is 7. The van der Waals surface area contributed by atoms with Crippen molar-refractivity contribution in [1.29, 1.82) is 0 Å². The Labute approximate surface area is 220 Å². The maximum atomic E-state index is 13.5. The molecule has 3 aliphatic rings. The van der Waals surface area contributed by atoms with E-state index in [-0.39, 0.29) is 41.5 Å². The van der Waals surface area contributed by atoms with Crippen molar-refractivity contribution < 1.29 is 19.1 Å². The number of fused-ring (bicyclic) bond motifs is 5. The maximum Gasteiger partial charge on any atom is 0.338 e. The van der Waals surface area contributed by atoms with Crippen LogP contribution in [0.5, 0.6) is 0 Å². The van der Waals surface area contributed by atoms with E-state index in [2.05, 4.69) is 31.2 Å². The van der Waals surface area contributed by atoms with Crippen molar-refractivity contribution in [3.8, 4) is 0 Å². The lowest BCUT2D eigenvalue weighted by molar-refractivity contribution is -0.123. The number of esters is 1. The molecule has 2 aromatic rings. The van der Waals surface area contributed by atoms with Gasteiger partial charge in [-0.15, -0.1) is 0 Å². The lowest BCUT2D eigenvalue weighted by Gasteiger charge is -2.28. The van der Waals surface area contributed by atoms with Gasteiger partial charge in [-0.05, 0) is 66.8 Å². The zero-order valence-electron chi connectivity index (χ0n) is 21.9. The van der Waals surface area contributed by atoms with Crippen LogP contribution in [0.25, 0.3) is 0 Å². The molecule has 5 atom stereocenters. The summed E-state index contributed by atoms with van der Waals surface area (Å²) in [6, 6.07) is 17.2. The molecule has 2 aromatic carbocycles. The van der Waals surface area contributed by atoms with E-state index in [0.717, 1.165) is 25.7 Å². The van der Waals surface area contributed by atoms with Crippen LogP contribution < -0.4 is 4.90 Å². The average Bonchev–Trinajstić information content (AvgIpc) is 3.59. The number of amides is 2. The summed E-state index contributed by atoms with van der Waals surface area (Å²) >= 11 is 0. The van der Waals surface area contributed by atoms with Crippen LogP contribution in [-0.4, -0.2) is 24.4 Å². The fourth-order valence-corrected chi connectivity index (χ4v) is 7.03. The summed E-state index contributed by atoms with van der Waals surface area (Å²) in [5.74, 6) is -0.0816. The Morgan fingerprint density at radius 1 is 0.811 bits per heavy atom. The summed E-state index contributed by atoms with van der Waals surface area (Å²) in [4.78, 5) is 40.7. The highest BCUT2D eigenvalue weighted by Crippen LogP contribution is 2.61. The molecule has 2 aliphatic carbocycles. The van der Waals surface area contributed by atoms with Crippen molar-refractivity contribution in [2.45, 2.75) is 77.0 Å². The summed E-state index contributed by atoms with van der Waals surface area (Å²) in [6.45, 7) is 2.65. The van der Waals surface area contributed by atoms with E-state index in [1.54, 1.807) is 24.3 Å². The van der Waals surface area contributed by atoms with E-state index >= 15 is 0 Å². The predicted octanol–water partition coefficient (Wildman–Crippen LogP) is 6.91. The topological polar surface area (TPSA) is 63.7 Å². The number of anilines is 1. The molecule has 0 aromatic heterocycles. The molecular weight excluding hydrogens is 462 g/mol. The van der Waals surface area contributed by atoms with E-state index in [9.17, 15) is 14.4 Å². The van der Waals surface area contributed by atoms with Crippen molar-refractivity contribution in [2.24, 2.45) is 23.7 Å². The summed E-state index contributed by atoms with van der Waals surface area (Å²) in [6.07, 6.45) is 11.5. The fraction of sp³-hybridized carbons (Fsp3) is 0.531. The number of benzene rings is 2. The Hall–Kier alpha value is -2.95. The Morgan fingerprint density at radius 2 is 1.46 bits per heavy atom.